The van der Waals surface area contributed by atoms with Gasteiger partial charge >= 0.3 is 0 Å². The van der Waals surface area contributed by atoms with E-state index >= 15 is 0 Å². The first-order valence-corrected chi connectivity index (χ1v) is 11.5. The fourth-order valence-corrected chi connectivity index (χ4v) is 4.68. The van der Waals surface area contributed by atoms with Gasteiger partial charge in [0, 0.05) is 29.5 Å². The highest BCUT2D eigenvalue weighted by molar-refractivity contribution is 7.89. The van der Waals surface area contributed by atoms with E-state index in [-0.39, 0.29) is 36.1 Å². The van der Waals surface area contributed by atoms with Gasteiger partial charge in [-0.3, -0.25) is 9.78 Å². The second-order valence-corrected chi connectivity index (χ2v) is 9.22. The maximum absolute atomic E-state index is 12.4. The van der Waals surface area contributed by atoms with Crippen molar-refractivity contribution < 1.29 is 23.1 Å². The highest BCUT2D eigenvalue weighted by Crippen LogP contribution is 2.22. The van der Waals surface area contributed by atoms with Crippen molar-refractivity contribution in [1.29, 1.82) is 0 Å². The van der Waals surface area contributed by atoms with Gasteiger partial charge in [-0.25, -0.2) is 13.1 Å². The van der Waals surface area contributed by atoms with E-state index in [0.29, 0.717) is 29.8 Å². The normalized spacial score (nSPS) is 21.9. The SMILES string of the molecule is O=C(N[C@H]1CC[C@H](CCNS(=O)(=O)c2cccc(Cl)c2)O[C@H]1CO)c1ccncc1. The summed E-state index contributed by atoms with van der Waals surface area (Å²) in [4.78, 5) is 16.3. The minimum absolute atomic E-state index is 0.103. The second-order valence-electron chi connectivity index (χ2n) is 7.02. The van der Waals surface area contributed by atoms with Crippen LogP contribution in [0.5, 0.6) is 0 Å². The molecular formula is C20H24ClN3O5S. The van der Waals surface area contributed by atoms with E-state index in [1.165, 1.54) is 24.5 Å². The van der Waals surface area contributed by atoms with Gasteiger partial charge < -0.3 is 15.2 Å². The average Bonchev–Trinajstić information content (AvgIpc) is 2.75. The molecule has 10 heteroatoms. The number of sulfonamides is 1. The van der Waals surface area contributed by atoms with Crippen molar-refractivity contribution in [3.8, 4) is 0 Å². The number of rotatable bonds is 8. The molecule has 1 amide bonds. The van der Waals surface area contributed by atoms with Gasteiger partial charge in [0.15, 0.2) is 0 Å². The van der Waals surface area contributed by atoms with Crippen molar-refractivity contribution in [2.24, 2.45) is 0 Å². The van der Waals surface area contributed by atoms with Crippen LogP contribution in [-0.2, 0) is 14.8 Å². The van der Waals surface area contributed by atoms with E-state index in [1.54, 1.807) is 24.3 Å². The van der Waals surface area contributed by atoms with E-state index in [0.717, 1.165) is 0 Å². The first kappa shape index (κ1) is 22.6. The molecule has 8 nitrogen and oxygen atoms in total. The van der Waals surface area contributed by atoms with Crippen molar-refractivity contribution in [2.45, 2.75) is 42.4 Å². The fourth-order valence-electron chi connectivity index (χ4n) is 3.34. The Balaban J connectivity index is 1.50. The monoisotopic (exact) mass is 453 g/mol. The third-order valence-electron chi connectivity index (χ3n) is 4.92. The molecule has 30 heavy (non-hydrogen) atoms. The van der Waals surface area contributed by atoms with Gasteiger partial charge in [0.2, 0.25) is 10.0 Å². The Morgan fingerprint density at radius 2 is 2.00 bits per heavy atom. The molecule has 1 aliphatic heterocycles. The summed E-state index contributed by atoms with van der Waals surface area (Å²) in [7, 11) is -3.66. The zero-order chi connectivity index (χ0) is 21.6. The van der Waals surface area contributed by atoms with E-state index in [1.807, 2.05) is 0 Å². The predicted octanol–water partition coefficient (Wildman–Crippen LogP) is 1.74. The number of aliphatic hydroxyl groups is 1. The number of amides is 1. The van der Waals surface area contributed by atoms with Gasteiger partial charge in [0.1, 0.15) is 6.10 Å². The Kier molecular flexibility index (Phi) is 7.79. The highest BCUT2D eigenvalue weighted by Gasteiger charge is 2.32. The summed E-state index contributed by atoms with van der Waals surface area (Å²) in [5, 5.41) is 12.9. The zero-order valence-corrected chi connectivity index (χ0v) is 17.8. The lowest BCUT2D eigenvalue weighted by Gasteiger charge is -2.36. The quantitative estimate of drug-likeness (QED) is 0.560. The number of aliphatic hydroxyl groups excluding tert-OH is 1. The smallest absolute Gasteiger partial charge is 0.251 e. The lowest BCUT2D eigenvalue weighted by atomic mass is 9.97. The number of hydrogen-bond donors (Lipinski definition) is 3. The molecule has 2 heterocycles. The van der Waals surface area contributed by atoms with Crippen LogP contribution in [0.2, 0.25) is 5.02 Å². The molecule has 1 aromatic heterocycles. The highest BCUT2D eigenvalue weighted by atomic mass is 35.5. The van der Waals surface area contributed by atoms with E-state index < -0.39 is 16.1 Å². The molecule has 3 N–H and O–H groups in total. The average molecular weight is 454 g/mol. The molecule has 0 saturated carbocycles. The molecule has 1 fully saturated rings. The number of pyridine rings is 1. The van der Waals surface area contributed by atoms with Crippen molar-refractivity contribution in [1.82, 2.24) is 15.0 Å². The van der Waals surface area contributed by atoms with Crippen LogP contribution in [0, 0.1) is 0 Å². The molecule has 3 atom stereocenters. The number of hydrogen-bond acceptors (Lipinski definition) is 6. The van der Waals surface area contributed by atoms with Gasteiger partial charge in [-0.15, -0.1) is 0 Å². The third kappa shape index (κ3) is 5.99. The molecule has 1 aliphatic rings. The van der Waals surface area contributed by atoms with Crippen LogP contribution in [0.15, 0.2) is 53.7 Å². The number of benzene rings is 1. The van der Waals surface area contributed by atoms with Crippen LogP contribution in [-0.4, -0.2) is 55.8 Å². The zero-order valence-electron chi connectivity index (χ0n) is 16.2. The molecule has 2 aromatic rings. The van der Waals surface area contributed by atoms with Crippen LogP contribution in [0.3, 0.4) is 0 Å². The second kappa shape index (κ2) is 10.3. The van der Waals surface area contributed by atoms with Gasteiger partial charge in [-0.1, -0.05) is 17.7 Å². The maximum atomic E-state index is 12.4. The first-order chi connectivity index (χ1) is 14.4. The molecule has 0 bridgehead atoms. The Labute approximate surface area is 180 Å². The lowest BCUT2D eigenvalue weighted by molar-refractivity contribution is -0.0891. The fraction of sp³-hybridized carbons (Fsp3) is 0.400. The van der Waals surface area contributed by atoms with Gasteiger partial charge in [-0.05, 0) is 49.6 Å². The number of aromatic nitrogens is 1. The van der Waals surface area contributed by atoms with E-state index in [2.05, 4.69) is 15.0 Å². The molecule has 1 saturated heterocycles. The van der Waals surface area contributed by atoms with Crippen molar-refractivity contribution in [3.05, 3.63) is 59.4 Å². The maximum Gasteiger partial charge on any atom is 0.251 e. The summed E-state index contributed by atoms with van der Waals surface area (Å²) in [5.41, 5.74) is 0.485. The summed E-state index contributed by atoms with van der Waals surface area (Å²) < 4.78 is 33.1. The Hall–Kier alpha value is -2.04. The number of ether oxygens (including phenoxy) is 1. The number of halogens is 1. The molecule has 0 radical (unpaired) electrons. The molecule has 1 aromatic carbocycles. The van der Waals surface area contributed by atoms with Gasteiger partial charge in [0.05, 0.1) is 23.6 Å². The molecule has 0 spiro atoms. The summed E-state index contributed by atoms with van der Waals surface area (Å²) in [6.07, 6.45) is 4.00. The number of nitrogens with one attached hydrogen (secondary N) is 2. The molecule has 3 rings (SSSR count). The Morgan fingerprint density at radius 3 is 2.70 bits per heavy atom. The van der Waals surface area contributed by atoms with E-state index in [4.69, 9.17) is 16.3 Å². The summed E-state index contributed by atoms with van der Waals surface area (Å²) >= 11 is 5.86. The minimum Gasteiger partial charge on any atom is -0.394 e. The lowest BCUT2D eigenvalue weighted by Crippen LogP contribution is -2.51. The standard InChI is InChI=1S/C20H24ClN3O5S/c21-15-2-1-3-17(12-15)30(27,28)23-11-8-16-4-5-18(19(13-25)29-16)24-20(26)14-6-9-22-10-7-14/h1-3,6-7,9-10,12,16,18-19,23,25H,4-5,8,11,13H2,(H,24,26)/t16-,18+,19+/m1/s1. The Bertz CT molecular complexity index is 958. The first-order valence-electron chi connectivity index (χ1n) is 9.61. The third-order valence-corrected chi connectivity index (χ3v) is 6.61. The summed E-state index contributed by atoms with van der Waals surface area (Å²) in [5.74, 6) is -0.253. The number of nitrogens with zero attached hydrogens (tertiary/aromatic N) is 1. The molecule has 0 unspecified atom stereocenters. The van der Waals surface area contributed by atoms with Gasteiger partial charge in [0.25, 0.3) is 5.91 Å². The van der Waals surface area contributed by atoms with Crippen LogP contribution in [0.4, 0.5) is 0 Å². The minimum atomic E-state index is -3.66. The number of carbonyl (C=O) groups is 1. The van der Waals surface area contributed by atoms with E-state index in [9.17, 15) is 18.3 Å². The van der Waals surface area contributed by atoms with Crippen LogP contribution < -0.4 is 10.0 Å². The van der Waals surface area contributed by atoms with Crippen LogP contribution >= 0.6 is 11.6 Å². The van der Waals surface area contributed by atoms with Crippen molar-refractivity contribution in [3.63, 3.8) is 0 Å². The number of carbonyl (C=O) groups excluding carboxylic acids is 1. The van der Waals surface area contributed by atoms with Crippen LogP contribution in [0.1, 0.15) is 29.6 Å². The Morgan fingerprint density at radius 1 is 1.23 bits per heavy atom. The largest absolute Gasteiger partial charge is 0.394 e. The van der Waals surface area contributed by atoms with Crippen LogP contribution in [0.25, 0.3) is 0 Å². The summed E-state index contributed by atoms with van der Waals surface area (Å²) in [6, 6.07) is 8.95. The molecule has 0 aliphatic carbocycles. The van der Waals surface area contributed by atoms with Gasteiger partial charge in [-0.2, -0.15) is 0 Å². The molecular weight excluding hydrogens is 430 g/mol. The van der Waals surface area contributed by atoms with Crippen molar-refractivity contribution >= 4 is 27.5 Å². The topological polar surface area (TPSA) is 118 Å². The molecule has 162 valence electrons. The summed E-state index contributed by atoms with van der Waals surface area (Å²) in [6.45, 7) is -0.0578. The predicted molar refractivity (Wildman–Crippen MR) is 112 cm³/mol. The van der Waals surface area contributed by atoms with Crippen molar-refractivity contribution in [2.75, 3.05) is 13.2 Å².